The van der Waals surface area contributed by atoms with Gasteiger partial charge in [-0.3, -0.25) is 4.68 Å². The van der Waals surface area contributed by atoms with Gasteiger partial charge in [0, 0.05) is 11.6 Å². The zero-order valence-corrected chi connectivity index (χ0v) is 16.5. The lowest BCUT2D eigenvalue weighted by Crippen LogP contribution is -2.23. The maximum absolute atomic E-state index is 12.6. The van der Waals surface area contributed by atoms with Gasteiger partial charge in [-0.05, 0) is 62.9 Å². The van der Waals surface area contributed by atoms with Crippen molar-refractivity contribution in [2.75, 3.05) is 6.61 Å². The molecule has 1 N–H and O–H groups in total. The Bertz CT molecular complexity index is 880. The summed E-state index contributed by atoms with van der Waals surface area (Å²) in [5.41, 5.74) is 2.09. The van der Waals surface area contributed by atoms with Crippen LogP contribution in [0.3, 0.4) is 0 Å². The summed E-state index contributed by atoms with van der Waals surface area (Å²) >= 11 is 0. The van der Waals surface area contributed by atoms with Crippen molar-refractivity contribution >= 4 is 10.0 Å². The molecule has 0 aliphatic heterocycles. The Morgan fingerprint density at radius 2 is 1.85 bits per heavy atom. The molecule has 1 heterocycles. The van der Waals surface area contributed by atoms with Crippen molar-refractivity contribution in [2.24, 2.45) is 0 Å². The quantitative estimate of drug-likeness (QED) is 0.746. The molecule has 2 saturated carbocycles. The second-order valence-corrected chi connectivity index (χ2v) is 9.21. The van der Waals surface area contributed by atoms with Crippen LogP contribution in [0.5, 0.6) is 5.75 Å². The fraction of sp³-hybridized carbons (Fsp3) is 0.550. The van der Waals surface area contributed by atoms with Gasteiger partial charge in [0.1, 0.15) is 5.75 Å². The maximum Gasteiger partial charge on any atom is 0.240 e. The van der Waals surface area contributed by atoms with Crippen LogP contribution in [0.4, 0.5) is 0 Å². The average Bonchev–Trinajstić information content (AvgIpc) is 3.19. The SMILES string of the molecule is CCOc1ccc(S(=O)(=O)NCc2cc(C3CC3)n(C3CCCC3)n2)cc1. The highest BCUT2D eigenvalue weighted by molar-refractivity contribution is 7.89. The molecular formula is C20H27N3O3S. The Balaban J connectivity index is 1.46. The molecule has 27 heavy (non-hydrogen) atoms. The van der Waals surface area contributed by atoms with E-state index in [2.05, 4.69) is 15.5 Å². The first-order chi connectivity index (χ1) is 13.1. The van der Waals surface area contributed by atoms with Gasteiger partial charge >= 0.3 is 0 Å². The molecule has 0 saturated heterocycles. The topological polar surface area (TPSA) is 73.2 Å². The summed E-state index contributed by atoms with van der Waals surface area (Å²) in [6, 6.07) is 9.07. The van der Waals surface area contributed by atoms with Crippen molar-refractivity contribution in [2.45, 2.75) is 68.8 Å². The lowest BCUT2D eigenvalue weighted by molar-refractivity contribution is 0.340. The van der Waals surface area contributed by atoms with Gasteiger partial charge in [-0.2, -0.15) is 5.10 Å². The second kappa shape index (κ2) is 7.64. The Morgan fingerprint density at radius 1 is 1.15 bits per heavy atom. The highest BCUT2D eigenvalue weighted by Gasteiger charge is 2.31. The summed E-state index contributed by atoms with van der Waals surface area (Å²) in [5.74, 6) is 1.27. The summed E-state index contributed by atoms with van der Waals surface area (Å²) in [6.45, 7) is 2.67. The van der Waals surface area contributed by atoms with Crippen molar-refractivity contribution in [1.29, 1.82) is 0 Å². The fourth-order valence-electron chi connectivity index (χ4n) is 3.81. The normalized spacial score (nSPS) is 18.1. The molecular weight excluding hydrogens is 362 g/mol. The zero-order valence-electron chi connectivity index (χ0n) is 15.7. The predicted molar refractivity (Wildman–Crippen MR) is 103 cm³/mol. The number of benzene rings is 1. The van der Waals surface area contributed by atoms with E-state index in [0.29, 0.717) is 24.3 Å². The molecule has 0 bridgehead atoms. The molecule has 2 fully saturated rings. The molecule has 2 aliphatic rings. The molecule has 2 aliphatic carbocycles. The second-order valence-electron chi connectivity index (χ2n) is 7.45. The molecule has 6 nitrogen and oxygen atoms in total. The van der Waals surface area contributed by atoms with Gasteiger partial charge in [-0.15, -0.1) is 0 Å². The van der Waals surface area contributed by atoms with E-state index in [-0.39, 0.29) is 11.4 Å². The number of ether oxygens (including phenoxy) is 1. The van der Waals surface area contributed by atoms with Crippen LogP contribution in [0.2, 0.25) is 0 Å². The van der Waals surface area contributed by atoms with Crippen LogP contribution in [0.25, 0.3) is 0 Å². The summed E-state index contributed by atoms with van der Waals surface area (Å²) in [4.78, 5) is 0.239. The summed E-state index contributed by atoms with van der Waals surface area (Å²) in [7, 11) is -3.57. The van der Waals surface area contributed by atoms with Crippen LogP contribution in [-0.4, -0.2) is 24.8 Å². The fourth-order valence-corrected chi connectivity index (χ4v) is 4.81. The zero-order chi connectivity index (χ0) is 18.9. The molecule has 0 unspecified atom stereocenters. The minimum atomic E-state index is -3.57. The Labute approximate surface area is 161 Å². The van der Waals surface area contributed by atoms with Crippen molar-refractivity contribution in [3.05, 3.63) is 41.7 Å². The minimum Gasteiger partial charge on any atom is -0.494 e. The lowest BCUT2D eigenvalue weighted by Gasteiger charge is -2.13. The van der Waals surface area contributed by atoms with Gasteiger partial charge in [0.05, 0.1) is 29.8 Å². The van der Waals surface area contributed by atoms with Crippen LogP contribution >= 0.6 is 0 Å². The van der Waals surface area contributed by atoms with Crippen LogP contribution in [0.1, 0.15) is 68.8 Å². The third-order valence-corrected chi connectivity index (χ3v) is 6.79. The van der Waals surface area contributed by atoms with Gasteiger partial charge in [-0.25, -0.2) is 13.1 Å². The van der Waals surface area contributed by atoms with Crippen LogP contribution in [-0.2, 0) is 16.6 Å². The van der Waals surface area contributed by atoms with Crippen LogP contribution in [0, 0.1) is 0 Å². The van der Waals surface area contributed by atoms with E-state index in [1.807, 2.05) is 6.92 Å². The third-order valence-electron chi connectivity index (χ3n) is 5.37. The van der Waals surface area contributed by atoms with Crippen LogP contribution < -0.4 is 9.46 Å². The molecule has 0 atom stereocenters. The van der Waals surface area contributed by atoms with E-state index < -0.39 is 10.0 Å². The third kappa shape index (κ3) is 4.19. The molecule has 4 rings (SSSR count). The molecule has 7 heteroatoms. The van der Waals surface area contributed by atoms with Crippen LogP contribution in [0.15, 0.2) is 35.2 Å². The highest BCUT2D eigenvalue weighted by atomic mass is 32.2. The number of aromatic nitrogens is 2. The number of nitrogens with zero attached hydrogens (tertiary/aromatic N) is 2. The molecule has 2 aromatic rings. The largest absolute Gasteiger partial charge is 0.494 e. The summed E-state index contributed by atoms with van der Waals surface area (Å²) in [6.07, 6.45) is 7.31. The number of sulfonamides is 1. The van der Waals surface area contributed by atoms with Crippen molar-refractivity contribution < 1.29 is 13.2 Å². The Kier molecular flexibility index (Phi) is 5.23. The molecule has 146 valence electrons. The van der Waals surface area contributed by atoms with Gasteiger partial charge in [-0.1, -0.05) is 12.8 Å². The molecule has 0 amide bonds. The van der Waals surface area contributed by atoms with Gasteiger partial charge in [0.25, 0.3) is 0 Å². The maximum atomic E-state index is 12.6. The first-order valence-electron chi connectivity index (χ1n) is 9.87. The van der Waals surface area contributed by atoms with Crippen molar-refractivity contribution in [3.63, 3.8) is 0 Å². The van der Waals surface area contributed by atoms with E-state index in [9.17, 15) is 8.42 Å². The number of nitrogens with one attached hydrogen (secondary N) is 1. The molecule has 1 aromatic heterocycles. The van der Waals surface area contributed by atoms with E-state index in [1.165, 1.54) is 44.2 Å². The lowest BCUT2D eigenvalue weighted by atomic mass is 10.2. The minimum absolute atomic E-state index is 0.217. The molecule has 1 aromatic carbocycles. The van der Waals surface area contributed by atoms with Gasteiger partial charge in [0.2, 0.25) is 10.0 Å². The number of hydrogen-bond acceptors (Lipinski definition) is 4. The van der Waals surface area contributed by atoms with E-state index in [0.717, 1.165) is 5.69 Å². The number of hydrogen-bond donors (Lipinski definition) is 1. The smallest absolute Gasteiger partial charge is 0.240 e. The Morgan fingerprint density at radius 3 is 2.48 bits per heavy atom. The monoisotopic (exact) mass is 389 g/mol. The van der Waals surface area contributed by atoms with Gasteiger partial charge < -0.3 is 4.74 Å². The first-order valence-corrected chi connectivity index (χ1v) is 11.4. The first kappa shape index (κ1) is 18.5. The summed E-state index contributed by atoms with van der Waals surface area (Å²) in [5, 5.41) is 4.76. The Hall–Kier alpha value is -1.86. The summed E-state index contributed by atoms with van der Waals surface area (Å²) < 4.78 is 35.4. The van der Waals surface area contributed by atoms with E-state index in [1.54, 1.807) is 24.3 Å². The predicted octanol–water partition coefficient (Wildman–Crippen LogP) is 3.75. The molecule has 0 spiro atoms. The van der Waals surface area contributed by atoms with E-state index in [4.69, 9.17) is 9.84 Å². The standard InChI is InChI=1S/C20H27N3O3S/c1-2-26-18-9-11-19(12-10-18)27(24,25)21-14-16-13-20(15-7-8-15)23(22-16)17-5-3-4-6-17/h9-13,15,17,21H,2-8,14H2,1H3. The average molecular weight is 390 g/mol. The molecule has 0 radical (unpaired) electrons. The van der Waals surface area contributed by atoms with Gasteiger partial charge in [0.15, 0.2) is 0 Å². The van der Waals surface area contributed by atoms with Crippen molar-refractivity contribution in [3.8, 4) is 5.75 Å². The highest BCUT2D eigenvalue weighted by Crippen LogP contribution is 2.43. The number of rotatable bonds is 8. The van der Waals surface area contributed by atoms with E-state index >= 15 is 0 Å². The van der Waals surface area contributed by atoms with Crippen molar-refractivity contribution in [1.82, 2.24) is 14.5 Å².